The monoisotopic (exact) mass is 458 g/mol. The molecule has 7 N–H and O–H groups in total. The Labute approximate surface area is 184 Å². The molecule has 1 aromatic carbocycles. The van der Waals surface area contributed by atoms with E-state index in [0.717, 1.165) is 5.56 Å². The van der Waals surface area contributed by atoms with E-state index in [9.17, 15) is 35.7 Å². The zero-order valence-corrected chi connectivity index (χ0v) is 17.5. The third-order valence-electron chi connectivity index (χ3n) is 5.55. The molecule has 0 spiro atoms. The Hall–Kier alpha value is -1.80. The van der Waals surface area contributed by atoms with Crippen LogP contribution < -0.4 is 4.74 Å². The molecule has 2 aliphatic heterocycles. The van der Waals surface area contributed by atoms with Crippen molar-refractivity contribution in [3.8, 4) is 11.5 Å². The number of benzene rings is 1. The van der Waals surface area contributed by atoms with E-state index in [1.807, 2.05) is 0 Å². The summed E-state index contributed by atoms with van der Waals surface area (Å²) in [6, 6.07) is 4.59. The van der Waals surface area contributed by atoms with Crippen LogP contribution in [0.5, 0.6) is 11.5 Å². The second-order valence-corrected chi connectivity index (χ2v) is 7.94. The molecule has 2 saturated heterocycles. The third-order valence-corrected chi connectivity index (χ3v) is 5.55. The summed E-state index contributed by atoms with van der Waals surface area (Å²) >= 11 is 0. The first kappa shape index (κ1) is 24.8. The first-order valence-corrected chi connectivity index (χ1v) is 10.2. The van der Waals surface area contributed by atoms with Gasteiger partial charge in [0, 0.05) is 0 Å². The van der Waals surface area contributed by atoms with Crippen LogP contribution in [0.3, 0.4) is 0 Å². The highest BCUT2D eigenvalue weighted by Gasteiger charge is 2.47. The summed E-state index contributed by atoms with van der Waals surface area (Å²) in [5.41, 5.74) is 0.775. The molecule has 0 aliphatic carbocycles. The standard InChI is InChI=1S/C21H30O11/c1-3-4-10-5-6-11(22)12(7-10)31-21-19(28)17(26)15(24)13(32-21)8-29-20-18(27)16(25)14(23)9(2)30-20/h3,5-7,9,13-28H,1,4,8H2,2H3/t9-,13+,14-,15+,16+,17-,18+,19+,20+,21+/m0/s1. The van der Waals surface area contributed by atoms with Crippen LogP contribution in [0.25, 0.3) is 0 Å². The van der Waals surface area contributed by atoms with E-state index in [1.54, 1.807) is 12.1 Å². The van der Waals surface area contributed by atoms with E-state index in [0.29, 0.717) is 6.42 Å². The summed E-state index contributed by atoms with van der Waals surface area (Å²) in [5.74, 6) is -0.226. The number of ether oxygens (including phenoxy) is 4. The SMILES string of the molecule is C=CCc1ccc(O)c(O[C@@H]2O[C@H](CO[C@@H]3O[C@@H](C)[C@H](O)[C@@H](O)[C@H]3O)[C@@H](O)[C@H](O)[C@H]2O)c1. The molecular weight excluding hydrogens is 428 g/mol. The summed E-state index contributed by atoms with van der Waals surface area (Å²) in [5, 5.41) is 70.5. The van der Waals surface area contributed by atoms with Crippen LogP contribution in [0.15, 0.2) is 30.9 Å². The zero-order chi connectivity index (χ0) is 23.6. The average molecular weight is 458 g/mol. The number of aliphatic hydroxyl groups is 6. The Bertz CT molecular complexity index is 774. The van der Waals surface area contributed by atoms with Gasteiger partial charge in [0.05, 0.1) is 12.7 Å². The highest BCUT2D eigenvalue weighted by Crippen LogP contribution is 2.32. The Balaban J connectivity index is 1.68. The number of hydrogen-bond acceptors (Lipinski definition) is 11. The van der Waals surface area contributed by atoms with Gasteiger partial charge < -0.3 is 54.7 Å². The van der Waals surface area contributed by atoms with Crippen LogP contribution in [0.1, 0.15) is 12.5 Å². The molecule has 0 amide bonds. The summed E-state index contributed by atoms with van der Waals surface area (Å²) < 4.78 is 21.9. The zero-order valence-electron chi connectivity index (χ0n) is 17.5. The molecule has 32 heavy (non-hydrogen) atoms. The number of aromatic hydroxyl groups is 1. The Kier molecular flexibility index (Phi) is 8.09. The van der Waals surface area contributed by atoms with Crippen molar-refractivity contribution >= 4 is 0 Å². The predicted octanol–water partition coefficient (Wildman–Crippen LogP) is -1.85. The van der Waals surface area contributed by atoms with Gasteiger partial charge in [-0.2, -0.15) is 0 Å². The Morgan fingerprint density at radius 3 is 2.25 bits per heavy atom. The lowest BCUT2D eigenvalue weighted by atomic mass is 9.98. The number of allylic oxidation sites excluding steroid dienone is 1. The van der Waals surface area contributed by atoms with Gasteiger partial charge in [-0.3, -0.25) is 0 Å². The normalized spacial score (nSPS) is 40.1. The van der Waals surface area contributed by atoms with Gasteiger partial charge in [-0.05, 0) is 31.0 Å². The molecule has 0 bridgehead atoms. The largest absolute Gasteiger partial charge is 0.504 e. The fourth-order valence-electron chi connectivity index (χ4n) is 3.56. The topological polar surface area (TPSA) is 179 Å². The van der Waals surface area contributed by atoms with Crippen molar-refractivity contribution in [1.29, 1.82) is 0 Å². The first-order valence-electron chi connectivity index (χ1n) is 10.2. The van der Waals surface area contributed by atoms with Gasteiger partial charge in [0.2, 0.25) is 6.29 Å². The lowest BCUT2D eigenvalue weighted by Gasteiger charge is -2.42. The number of phenolic OH excluding ortho intramolecular Hbond substituents is 1. The summed E-state index contributed by atoms with van der Waals surface area (Å²) in [6.07, 6.45) is -11.9. The van der Waals surface area contributed by atoms with Crippen LogP contribution in [0.4, 0.5) is 0 Å². The van der Waals surface area contributed by atoms with Crippen molar-refractivity contribution in [2.24, 2.45) is 0 Å². The number of aliphatic hydroxyl groups excluding tert-OH is 6. The summed E-state index contributed by atoms with van der Waals surface area (Å²) in [7, 11) is 0. The van der Waals surface area contributed by atoms with E-state index < -0.39 is 68.0 Å². The summed E-state index contributed by atoms with van der Waals surface area (Å²) in [4.78, 5) is 0. The molecule has 2 aliphatic rings. The fraction of sp³-hybridized carbons (Fsp3) is 0.619. The van der Waals surface area contributed by atoms with Crippen LogP contribution in [0.2, 0.25) is 0 Å². The number of phenols is 1. The highest BCUT2D eigenvalue weighted by atomic mass is 16.7. The molecule has 3 rings (SSSR count). The molecule has 2 fully saturated rings. The number of hydrogen-bond donors (Lipinski definition) is 7. The molecule has 0 unspecified atom stereocenters. The lowest BCUT2D eigenvalue weighted by molar-refractivity contribution is -0.318. The maximum absolute atomic E-state index is 10.3. The van der Waals surface area contributed by atoms with Crippen molar-refractivity contribution in [2.75, 3.05) is 6.61 Å². The molecule has 11 nitrogen and oxygen atoms in total. The summed E-state index contributed by atoms with van der Waals surface area (Å²) in [6.45, 7) is 4.71. The Morgan fingerprint density at radius 1 is 0.906 bits per heavy atom. The van der Waals surface area contributed by atoms with Gasteiger partial charge in [0.25, 0.3) is 0 Å². The van der Waals surface area contributed by atoms with Gasteiger partial charge in [0.15, 0.2) is 17.8 Å². The first-order chi connectivity index (χ1) is 15.1. The molecule has 0 saturated carbocycles. The van der Waals surface area contributed by atoms with E-state index in [-0.39, 0.29) is 11.5 Å². The van der Waals surface area contributed by atoms with Crippen molar-refractivity contribution < 1.29 is 54.7 Å². The molecule has 0 aromatic heterocycles. The van der Waals surface area contributed by atoms with Crippen molar-refractivity contribution in [1.82, 2.24) is 0 Å². The van der Waals surface area contributed by atoms with Gasteiger partial charge in [-0.15, -0.1) is 6.58 Å². The van der Waals surface area contributed by atoms with E-state index in [4.69, 9.17) is 18.9 Å². The molecule has 1 aromatic rings. The van der Waals surface area contributed by atoms with Crippen LogP contribution in [-0.4, -0.2) is 104 Å². The van der Waals surface area contributed by atoms with E-state index in [1.165, 1.54) is 19.1 Å². The minimum atomic E-state index is -1.66. The molecule has 11 heteroatoms. The van der Waals surface area contributed by atoms with Crippen molar-refractivity contribution in [3.05, 3.63) is 36.4 Å². The number of rotatable bonds is 7. The van der Waals surface area contributed by atoms with Gasteiger partial charge in [-0.1, -0.05) is 12.1 Å². The van der Waals surface area contributed by atoms with Gasteiger partial charge in [-0.25, -0.2) is 0 Å². The lowest BCUT2D eigenvalue weighted by Crippen LogP contribution is -2.61. The van der Waals surface area contributed by atoms with E-state index in [2.05, 4.69) is 6.58 Å². The third kappa shape index (κ3) is 5.22. The van der Waals surface area contributed by atoms with Gasteiger partial charge >= 0.3 is 0 Å². The Morgan fingerprint density at radius 2 is 1.56 bits per heavy atom. The second-order valence-electron chi connectivity index (χ2n) is 7.94. The van der Waals surface area contributed by atoms with Crippen LogP contribution in [-0.2, 0) is 20.6 Å². The molecule has 10 atom stereocenters. The van der Waals surface area contributed by atoms with Gasteiger partial charge in [0.1, 0.15) is 42.7 Å². The average Bonchev–Trinajstić information content (AvgIpc) is 2.77. The second kappa shape index (κ2) is 10.4. The van der Waals surface area contributed by atoms with E-state index >= 15 is 0 Å². The minimum absolute atomic E-state index is 0.00590. The van der Waals surface area contributed by atoms with Crippen molar-refractivity contribution in [2.45, 2.75) is 74.8 Å². The predicted molar refractivity (Wildman–Crippen MR) is 108 cm³/mol. The van der Waals surface area contributed by atoms with Crippen LogP contribution >= 0.6 is 0 Å². The molecule has 180 valence electrons. The molecule has 0 radical (unpaired) electrons. The smallest absolute Gasteiger partial charge is 0.229 e. The quantitative estimate of drug-likeness (QED) is 0.228. The highest BCUT2D eigenvalue weighted by molar-refractivity contribution is 5.42. The fourth-order valence-corrected chi connectivity index (χ4v) is 3.56. The van der Waals surface area contributed by atoms with Crippen LogP contribution in [0, 0.1) is 0 Å². The van der Waals surface area contributed by atoms with Crippen molar-refractivity contribution in [3.63, 3.8) is 0 Å². The maximum Gasteiger partial charge on any atom is 0.229 e. The molecule has 2 heterocycles. The minimum Gasteiger partial charge on any atom is -0.504 e. The maximum atomic E-state index is 10.3. The molecular formula is C21H30O11.